The minimum atomic E-state index is -1.23. The van der Waals surface area contributed by atoms with Crippen LogP contribution >= 0.6 is 0 Å². The highest BCUT2D eigenvalue weighted by Gasteiger charge is 2.54. The Balaban J connectivity index is 1.57. The van der Waals surface area contributed by atoms with Crippen molar-refractivity contribution in [2.75, 3.05) is 38.7 Å². The highest BCUT2D eigenvalue weighted by molar-refractivity contribution is 6.45. The summed E-state index contributed by atoms with van der Waals surface area (Å²) in [5.41, 5.74) is 2.15. The molecular formula is C26H34B3FN4O4. The van der Waals surface area contributed by atoms with Crippen LogP contribution in [0.3, 0.4) is 0 Å². The van der Waals surface area contributed by atoms with Crippen LogP contribution < -0.4 is 10.6 Å². The van der Waals surface area contributed by atoms with E-state index in [1.807, 2.05) is 27.8 Å². The standard InChI is InChI=1S/C26H34B3FN4O4/c1-31-24(37)25(27,8-3-11-35)34-23(36)19-4-2-5-21(22(19)26(34,28)29)32-15-18-7-6-17(14-20(18)30)16-33-9-12-38-13-10-33/h2,4-7,11,14,32H,3,8-10,12-13,15-16,27-29H2,1H3,(H,31,37). The van der Waals surface area contributed by atoms with Crippen molar-refractivity contribution in [2.24, 2.45) is 0 Å². The molecule has 198 valence electrons. The van der Waals surface area contributed by atoms with Gasteiger partial charge in [-0.3, -0.25) is 14.5 Å². The van der Waals surface area contributed by atoms with E-state index in [2.05, 4.69) is 15.5 Å². The molecule has 2 heterocycles. The van der Waals surface area contributed by atoms with Crippen LogP contribution in [0.25, 0.3) is 0 Å². The van der Waals surface area contributed by atoms with Crippen LogP contribution in [-0.2, 0) is 32.8 Å². The van der Waals surface area contributed by atoms with Crippen molar-refractivity contribution in [3.63, 3.8) is 0 Å². The maximum absolute atomic E-state index is 15.0. The van der Waals surface area contributed by atoms with Crippen LogP contribution in [0.1, 0.15) is 39.9 Å². The summed E-state index contributed by atoms with van der Waals surface area (Å²) in [7, 11) is 7.01. The molecule has 8 nitrogen and oxygen atoms in total. The Bertz CT molecular complexity index is 1220. The second kappa shape index (κ2) is 11.3. The van der Waals surface area contributed by atoms with Gasteiger partial charge in [0, 0.05) is 61.8 Å². The molecule has 0 radical (unpaired) electrons. The van der Waals surface area contributed by atoms with Gasteiger partial charge in [-0.25, -0.2) is 4.39 Å². The molecule has 12 heteroatoms. The van der Waals surface area contributed by atoms with E-state index in [9.17, 15) is 14.4 Å². The van der Waals surface area contributed by atoms with Crippen LogP contribution in [0.15, 0.2) is 36.4 Å². The molecule has 2 aromatic carbocycles. The maximum atomic E-state index is 15.0. The van der Waals surface area contributed by atoms with Crippen molar-refractivity contribution in [3.05, 3.63) is 64.5 Å². The quantitative estimate of drug-likeness (QED) is 0.315. The van der Waals surface area contributed by atoms with Crippen LogP contribution in [0, 0.1) is 5.82 Å². The number of amides is 2. The predicted octanol–water partition coefficient (Wildman–Crippen LogP) is -0.843. The molecule has 2 aliphatic heterocycles. The fourth-order valence-corrected chi connectivity index (χ4v) is 5.84. The van der Waals surface area contributed by atoms with Gasteiger partial charge >= 0.3 is 0 Å². The topological polar surface area (TPSA) is 91.0 Å². The van der Waals surface area contributed by atoms with Gasteiger partial charge in [-0.15, -0.1) is 0 Å². The summed E-state index contributed by atoms with van der Waals surface area (Å²) < 4.78 is 20.4. The summed E-state index contributed by atoms with van der Waals surface area (Å²) >= 11 is 0. The van der Waals surface area contributed by atoms with Gasteiger partial charge in [0.15, 0.2) is 0 Å². The first kappa shape index (κ1) is 27.9. The van der Waals surface area contributed by atoms with E-state index < -0.39 is 10.8 Å². The maximum Gasteiger partial charge on any atom is 0.253 e. The van der Waals surface area contributed by atoms with E-state index >= 15 is 4.39 Å². The zero-order valence-electron chi connectivity index (χ0n) is 22.6. The van der Waals surface area contributed by atoms with Gasteiger partial charge in [0.2, 0.25) is 5.91 Å². The van der Waals surface area contributed by atoms with Gasteiger partial charge in [-0.1, -0.05) is 18.2 Å². The second-order valence-electron chi connectivity index (χ2n) is 10.7. The van der Waals surface area contributed by atoms with Crippen molar-refractivity contribution in [1.82, 2.24) is 15.1 Å². The van der Waals surface area contributed by atoms with Crippen molar-refractivity contribution in [2.45, 2.75) is 36.7 Å². The minimum Gasteiger partial charge on any atom is -0.381 e. The summed E-state index contributed by atoms with van der Waals surface area (Å²) in [6.45, 7) is 3.99. The van der Waals surface area contributed by atoms with Gasteiger partial charge < -0.3 is 25.1 Å². The minimum absolute atomic E-state index is 0.145. The number of likely N-dealkylation sites (N-methyl/N-ethyl adjacent to an activating group) is 1. The van der Waals surface area contributed by atoms with E-state index in [0.29, 0.717) is 36.6 Å². The van der Waals surface area contributed by atoms with Crippen molar-refractivity contribution in [1.29, 1.82) is 0 Å². The van der Waals surface area contributed by atoms with E-state index in [0.717, 1.165) is 30.5 Å². The summed E-state index contributed by atoms with van der Waals surface area (Å²) in [6, 6.07) is 10.7. The number of hydrogen-bond donors (Lipinski definition) is 2. The van der Waals surface area contributed by atoms with Crippen LogP contribution in [0.4, 0.5) is 10.1 Å². The lowest BCUT2D eigenvalue weighted by Gasteiger charge is -2.46. The molecule has 38 heavy (non-hydrogen) atoms. The molecule has 0 saturated carbocycles. The van der Waals surface area contributed by atoms with Gasteiger partial charge in [-0.05, 0) is 35.7 Å². The molecule has 0 spiro atoms. The summed E-state index contributed by atoms with van der Waals surface area (Å²) in [6.07, 6.45) is 1.10. The fraction of sp³-hybridized carbons (Fsp3) is 0.423. The van der Waals surface area contributed by atoms with Crippen LogP contribution in [0.2, 0.25) is 0 Å². The number of nitrogens with one attached hydrogen (secondary N) is 2. The summed E-state index contributed by atoms with van der Waals surface area (Å²) in [4.78, 5) is 41.7. The first-order chi connectivity index (χ1) is 18.1. The fourth-order valence-electron chi connectivity index (χ4n) is 5.84. The Labute approximate surface area is 225 Å². The molecule has 2 amide bonds. The first-order valence-electron chi connectivity index (χ1n) is 13.1. The van der Waals surface area contributed by atoms with E-state index in [-0.39, 0.29) is 37.0 Å². The number of anilines is 1. The third-order valence-electron chi connectivity index (χ3n) is 7.72. The monoisotopic (exact) mass is 518 g/mol. The predicted molar refractivity (Wildman–Crippen MR) is 152 cm³/mol. The molecule has 1 atom stereocenters. The number of aldehydes is 1. The number of morpholine rings is 1. The van der Waals surface area contributed by atoms with E-state index in [1.165, 1.54) is 7.05 Å². The number of halogens is 1. The molecule has 0 aliphatic carbocycles. The van der Waals surface area contributed by atoms with Gasteiger partial charge in [0.05, 0.1) is 18.7 Å². The zero-order chi connectivity index (χ0) is 27.5. The molecule has 1 fully saturated rings. The van der Waals surface area contributed by atoms with Gasteiger partial charge in [-0.2, -0.15) is 0 Å². The number of fused-ring (bicyclic) bond motifs is 1. The van der Waals surface area contributed by atoms with Gasteiger partial charge in [0.25, 0.3) is 5.91 Å². The van der Waals surface area contributed by atoms with Crippen molar-refractivity contribution in [3.8, 4) is 0 Å². The lowest BCUT2D eigenvalue weighted by Crippen LogP contribution is -2.65. The number of carbonyl (C=O) groups is 3. The average molecular weight is 518 g/mol. The largest absolute Gasteiger partial charge is 0.381 e. The van der Waals surface area contributed by atoms with Crippen LogP contribution in [-0.4, -0.2) is 90.2 Å². The van der Waals surface area contributed by atoms with Crippen LogP contribution in [0.5, 0.6) is 0 Å². The second-order valence-corrected chi connectivity index (χ2v) is 10.7. The number of ether oxygens (including phenoxy) is 1. The molecule has 2 N–H and O–H groups in total. The molecule has 1 unspecified atom stereocenters. The lowest BCUT2D eigenvalue weighted by atomic mass is 9.54. The number of benzene rings is 2. The molecule has 0 bridgehead atoms. The summed E-state index contributed by atoms with van der Waals surface area (Å²) in [5.74, 6) is -0.888. The normalized spacial score (nSPS) is 18.5. The smallest absolute Gasteiger partial charge is 0.253 e. The third-order valence-corrected chi connectivity index (χ3v) is 7.72. The highest BCUT2D eigenvalue weighted by atomic mass is 19.1. The molecule has 2 aromatic rings. The van der Waals surface area contributed by atoms with Gasteiger partial charge in [0.1, 0.15) is 35.6 Å². The number of hydrogen-bond acceptors (Lipinski definition) is 6. The number of rotatable bonds is 10. The zero-order valence-corrected chi connectivity index (χ0v) is 22.6. The first-order valence-corrected chi connectivity index (χ1v) is 13.1. The Hall–Kier alpha value is -3.11. The molecule has 1 saturated heterocycles. The lowest BCUT2D eigenvalue weighted by molar-refractivity contribution is -0.128. The Morgan fingerprint density at radius 3 is 2.63 bits per heavy atom. The third kappa shape index (κ3) is 5.24. The average Bonchev–Trinajstić information content (AvgIpc) is 3.12. The molecule has 4 rings (SSSR count). The number of carbonyl (C=O) groups excluding carboxylic acids is 3. The SMILES string of the molecule is BC(CCC=O)(C(=O)NC)N1C(=O)c2cccc(NCc3ccc(CN4CCOCC4)cc3F)c2C1(B)B. The summed E-state index contributed by atoms with van der Waals surface area (Å²) in [5, 5.41) is 5.13. The molecular weight excluding hydrogens is 484 g/mol. The van der Waals surface area contributed by atoms with E-state index in [1.54, 1.807) is 37.0 Å². The number of nitrogens with zero attached hydrogens (tertiary/aromatic N) is 2. The van der Waals surface area contributed by atoms with E-state index in [4.69, 9.17) is 4.74 Å². The Kier molecular flexibility index (Phi) is 8.32. The Morgan fingerprint density at radius 1 is 1.24 bits per heavy atom. The highest BCUT2D eigenvalue weighted by Crippen LogP contribution is 2.44. The Morgan fingerprint density at radius 2 is 1.97 bits per heavy atom. The molecule has 2 aliphatic rings. The molecule has 0 aromatic heterocycles. The van der Waals surface area contributed by atoms with Crippen molar-refractivity contribution < 1.29 is 23.5 Å². The van der Waals surface area contributed by atoms with Crippen molar-refractivity contribution >= 4 is 47.3 Å².